The number of hydrogen-bond acceptors (Lipinski definition) is 3. The van der Waals surface area contributed by atoms with Crippen LogP contribution in [0, 0.1) is 40.4 Å². The van der Waals surface area contributed by atoms with Gasteiger partial charge in [-0.15, -0.1) is 0 Å². The molecule has 2 rings (SSSR count). The van der Waals surface area contributed by atoms with Gasteiger partial charge in [0.15, 0.2) is 0 Å². The van der Waals surface area contributed by atoms with E-state index in [1.165, 1.54) is 0 Å². The molecule has 3 nitrogen and oxygen atoms in total. The first-order valence-electron chi connectivity index (χ1n) is 7.04. The van der Waals surface area contributed by atoms with Gasteiger partial charge in [0.1, 0.15) is 0 Å². The maximum atomic E-state index is 11.9. The smallest absolute Gasteiger partial charge is 0.311 e. The first-order valence-corrected chi connectivity index (χ1v) is 7.04. The highest BCUT2D eigenvalue weighted by Crippen LogP contribution is 2.51. The molecule has 0 aromatic carbocycles. The molecule has 0 aromatic heterocycles. The monoisotopic (exact) mass is 249 g/mol. The highest BCUT2D eigenvalue weighted by molar-refractivity contribution is 5.75. The lowest BCUT2D eigenvalue weighted by atomic mass is 9.82. The van der Waals surface area contributed by atoms with E-state index in [0.29, 0.717) is 24.4 Å². The number of rotatable bonds is 4. The molecule has 18 heavy (non-hydrogen) atoms. The van der Waals surface area contributed by atoms with Crippen LogP contribution in [-0.4, -0.2) is 12.6 Å². The summed E-state index contributed by atoms with van der Waals surface area (Å²) < 4.78 is 5.48. The molecule has 2 bridgehead atoms. The fourth-order valence-corrected chi connectivity index (χ4v) is 3.36. The minimum atomic E-state index is -0.383. The van der Waals surface area contributed by atoms with Crippen LogP contribution in [0.4, 0.5) is 0 Å². The summed E-state index contributed by atoms with van der Waals surface area (Å²) in [5, 5.41) is 9.09. The predicted molar refractivity (Wildman–Crippen MR) is 68.5 cm³/mol. The molecule has 0 heterocycles. The lowest BCUT2D eigenvalue weighted by Crippen LogP contribution is -2.30. The summed E-state index contributed by atoms with van der Waals surface area (Å²) in [6.07, 6.45) is 4.16. The van der Waals surface area contributed by atoms with Gasteiger partial charge in [0.05, 0.1) is 18.1 Å². The third-order valence-corrected chi connectivity index (χ3v) is 4.98. The van der Waals surface area contributed by atoms with Gasteiger partial charge in [-0.3, -0.25) is 4.79 Å². The van der Waals surface area contributed by atoms with Gasteiger partial charge >= 0.3 is 5.97 Å². The summed E-state index contributed by atoms with van der Waals surface area (Å²) >= 11 is 0. The Kier molecular flexibility index (Phi) is 3.66. The normalized spacial score (nSPS) is 34.3. The van der Waals surface area contributed by atoms with E-state index in [2.05, 4.69) is 6.07 Å². The highest BCUT2D eigenvalue weighted by Gasteiger charge is 2.46. The Morgan fingerprint density at radius 2 is 2.11 bits per heavy atom. The molecule has 0 amide bonds. The Labute approximate surface area is 110 Å². The van der Waals surface area contributed by atoms with Crippen LogP contribution in [0.1, 0.15) is 46.5 Å². The topological polar surface area (TPSA) is 50.1 Å². The van der Waals surface area contributed by atoms with Crippen LogP contribution in [0.3, 0.4) is 0 Å². The number of carbonyl (C=O) groups is 1. The Balaban J connectivity index is 1.86. The van der Waals surface area contributed by atoms with Crippen LogP contribution in [0.25, 0.3) is 0 Å². The summed E-state index contributed by atoms with van der Waals surface area (Å²) in [5.74, 6) is 1.69. The second-order valence-electron chi connectivity index (χ2n) is 6.57. The molecule has 2 aliphatic rings. The number of nitriles is 1. The van der Waals surface area contributed by atoms with E-state index in [0.717, 1.165) is 25.7 Å². The number of carbonyl (C=O) groups excluding carboxylic acids is 1. The lowest BCUT2D eigenvalue weighted by Gasteiger charge is -2.27. The molecule has 4 atom stereocenters. The molecular formula is C15H23NO2. The molecule has 0 aliphatic heterocycles. The zero-order valence-electron chi connectivity index (χ0n) is 11.6. The average Bonchev–Trinajstić information content (AvgIpc) is 2.94. The van der Waals surface area contributed by atoms with Gasteiger partial charge in [-0.2, -0.15) is 5.26 Å². The van der Waals surface area contributed by atoms with E-state index in [4.69, 9.17) is 10.00 Å². The molecule has 0 saturated heterocycles. The molecule has 100 valence electrons. The first-order chi connectivity index (χ1) is 8.47. The Morgan fingerprint density at radius 3 is 2.67 bits per heavy atom. The summed E-state index contributed by atoms with van der Waals surface area (Å²) in [4.78, 5) is 11.9. The van der Waals surface area contributed by atoms with Crippen molar-refractivity contribution in [2.45, 2.75) is 46.5 Å². The summed E-state index contributed by atoms with van der Waals surface area (Å²) in [6.45, 7) is 6.37. The maximum Gasteiger partial charge on any atom is 0.311 e. The van der Waals surface area contributed by atoms with Gasteiger partial charge in [0.2, 0.25) is 0 Å². The summed E-state index contributed by atoms with van der Waals surface area (Å²) in [5.41, 5.74) is -0.383. The average molecular weight is 249 g/mol. The van der Waals surface area contributed by atoms with E-state index >= 15 is 0 Å². The van der Waals surface area contributed by atoms with Crippen molar-refractivity contribution in [1.82, 2.24) is 0 Å². The highest BCUT2D eigenvalue weighted by atomic mass is 16.5. The Morgan fingerprint density at radius 1 is 1.39 bits per heavy atom. The molecule has 0 radical (unpaired) electrons. The standard InChI is InChI=1S/C15H23NO2/c1-4-15(2,3)14(17)18-9-12-6-10-5-11(8-16)13(12)7-10/h10-13H,4-7,9H2,1-3H3. The van der Waals surface area contributed by atoms with Crippen molar-refractivity contribution in [3.63, 3.8) is 0 Å². The number of nitrogens with zero attached hydrogens (tertiary/aromatic N) is 1. The van der Waals surface area contributed by atoms with Crippen molar-refractivity contribution < 1.29 is 9.53 Å². The number of ether oxygens (including phenoxy) is 1. The number of fused-ring (bicyclic) bond motifs is 2. The predicted octanol–water partition coefficient (Wildman–Crippen LogP) is 3.15. The number of esters is 1. The largest absolute Gasteiger partial charge is 0.465 e. The Hall–Kier alpha value is -1.04. The molecule has 2 aliphatic carbocycles. The maximum absolute atomic E-state index is 11.9. The van der Waals surface area contributed by atoms with Crippen LogP contribution in [0.2, 0.25) is 0 Å². The van der Waals surface area contributed by atoms with E-state index in [-0.39, 0.29) is 17.3 Å². The molecule has 2 saturated carbocycles. The van der Waals surface area contributed by atoms with E-state index in [1.54, 1.807) is 0 Å². The van der Waals surface area contributed by atoms with E-state index in [9.17, 15) is 4.79 Å². The summed E-state index contributed by atoms with van der Waals surface area (Å²) in [6, 6.07) is 2.41. The lowest BCUT2D eigenvalue weighted by molar-refractivity contribution is -0.156. The number of hydrogen-bond donors (Lipinski definition) is 0. The Bertz CT molecular complexity index is 369. The molecule has 0 N–H and O–H groups in total. The zero-order valence-corrected chi connectivity index (χ0v) is 11.6. The molecule has 0 aromatic rings. The molecule has 3 heteroatoms. The van der Waals surface area contributed by atoms with Gasteiger partial charge in [-0.25, -0.2) is 0 Å². The quantitative estimate of drug-likeness (QED) is 0.719. The van der Waals surface area contributed by atoms with E-state index < -0.39 is 0 Å². The fourth-order valence-electron chi connectivity index (χ4n) is 3.36. The molecule has 4 unspecified atom stereocenters. The third kappa shape index (κ3) is 2.39. The van der Waals surface area contributed by atoms with Crippen molar-refractivity contribution in [3.8, 4) is 6.07 Å². The van der Waals surface area contributed by atoms with Crippen LogP contribution < -0.4 is 0 Å². The van der Waals surface area contributed by atoms with Gasteiger partial charge in [-0.05, 0) is 57.3 Å². The second kappa shape index (κ2) is 4.91. The summed E-state index contributed by atoms with van der Waals surface area (Å²) in [7, 11) is 0. The first kappa shape index (κ1) is 13.4. The molecular weight excluding hydrogens is 226 g/mol. The van der Waals surface area contributed by atoms with Crippen LogP contribution >= 0.6 is 0 Å². The molecule has 2 fully saturated rings. The minimum absolute atomic E-state index is 0.0960. The third-order valence-electron chi connectivity index (χ3n) is 4.98. The van der Waals surface area contributed by atoms with Gasteiger partial charge in [0, 0.05) is 5.92 Å². The van der Waals surface area contributed by atoms with Crippen molar-refractivity contribution in [3.05, 3.63) is 0 Å². The van der Waals surface area contributed by atoms with Crippen molar-refractivity contribution in [2.24, 2.45) is 29.1 Å². The molecule has 0 spiro atoms. The van der Waals surface area contributed by atoms with Gasteiger partial charge in [-0.1, -0.05) is 6.92 Å². The van der Waals surface area contributed by atoms with Crippen LogP contribution in [0.5, 0.6) is 0 Å². The van der Waals surface area contributed by atoms with Crippen LogP contribution in [0.15, 0.2) is 0 Å². The van der Waals surface area contributed by atoms with Gasteiger partial charge in [0.25, 0.3) is 0 Å². The van der Waals surface area contributed by atoms with Gasteiger partial charge < -0.3 is 4.74 Å². The minimum Gasteiger partial charge on any atom is -0.465 e. The fraction of sp³-hybridized carbons (Fsp3) is 0.867. The SMILES string of the molecule is CCC(C)(C)C(=O)OCC1CC2CC(C#N)C1C2. The zero-order chi connectivity index (χ0) is 13.3. The van der Waals surface area contributed by atoms with Crippen LogP contribution in [-0.2, 0) is 9.53 Å². The van der Waals surface area contributed by atoms with Crippen molar-refractivity contribution in [1.29, 1.82) is 5.26 Å². The second-order valence-corrected chi connectivity index (χ2v) is 6.57. The van der Waals surface area contributed by atoms with Crippen molar-refractivity contribution in [2.75, 3.05) is 6.61 Å². The van der Waals surface area contributed by atoms with E-state index in [1.807, 2.05) is 20.8 Å². The van der Waals surface area contributed by atoms with Crippen molar-refractivity contribution >= 4 is 5.97 Å².